The summed E-state index contributed by atoms with van der Waals surface area (Å²) in [7, 11) is 0. The molecule has 2 aromatic rings. The quantitative estimate of drug-likeness (QED) is 0.810. The van der Waals surface area contributed by atoms with E-state index >= 15 is 0 Å². The van der Waals surface area contributed by atoms with E-state index in [2.05, 4.69) is 68.2 Å². The number of nitrogens with one attached hydrogen (secondary N) is 1. The molecule has 0 saturated carbocycles. The van der Waals surface area contributed by atoms with Gasteiger partial charge in [0, 0.05) is 41.6 Å². The average molecular weight is 302 g/mol. The smallest absolute Gasteiger partial charge is 0.0366 e. The number of hydrogen-bond donors (Lipinski definition) is 1. The Hall–Kier alpha value is -1.32. The third kappa shape index (κ3) is 4.32. The Bertz CT molecular complexity index is 534. The SMILES string of the molecule is CCN(CC)c1ccc(CNCc2cc(C)c(C)s2)cc1. The number of anilines is 1. The normalized spacial score (nSPS) is 10.9. The van der Waals surface area contributed by atoms with Crippen molar-refractivity contribution in [3.63, 3.8) is 0 Å². The zero-order valence-corrected chi connectivity index (χ0v) is 14.4. The van der Waals surface area contributed by atoms with Crippen molar-refractivity contribution >= 4 is 17.0 Å². The van der Waals surface area contributed by atoms with Crippen LogP contribution in [-0.4, -0.2) is 13.1 Å². The topological polar surface area (TPSA) is 15.3 Å². The first kappa shape index (κ1) is 16.1. The summed E-state index contributed by atoms with van der Waals surface area (Å²) in [6.45, 7) is 12.8. The Labute approximate surface area is 132 Å². The summed E-state index contributed by atoms with van der Waals surface area (Å²) in [5.41, 5.74) is 4.06. The second-order valence-corrected chi connectivity index (χ2v) is 6.74. The molecule has 21 heavy (non-hydrogen) atoms. The second-order valence-electron chi connectivity index (χ2n) is 5.39. The van der Waals surface area contributed by atoms with Crippen molar-refractivity contribution in [2.45, 2.75) is 40.8 Å². The summed E-state index contributed by atoms with van der Waals surface area (Å²) in [5, 5.41) is 3.53. The van der Waals surface area contributed by atoms with Crippen LogP contribution in [0, 0.1) is 13.8 Å². The van der Waals surface area contributed by atoms with Gasteiger partial charge in [0.1, 0.15) is 0 Å². The van der Waals surface area contributed by atoms with Gasteiger partial charge < -0.3 is 10.2 Å². The van der Waals surface area contributed by atoms with Gasteiger partial charge >= 0.3 is 0 Å². The molecule has 0 aliphatic carbocycles. The monoisotopic (exact) mass is 302 g/mol. The number of benzene rings is 1. The second kappa shape index (κ2) is 7.62. The van der Waals surface area contributed by atoms with Crippen LogP contribution < -0.4 is 10.2 Å². The van der Waals surface area contributed by atoms with Gasteiger partial charge in [-0.1, -0.05) is 12.1 Å². The van der Waals surface area contributed by atoms with Crippen molar-refractivity contribution in [3.8, 4) is 0 Å². The molecule has 2 nitrogen and oxygen atoms in total. The maximum atomic E-state index is 3.53. The van der Waals surface area contributed by atoms with Crippen molar-refractivity contribution in [1.82, 2.24) is 5.32 Å². The van der Waals surface area contributed by atoms with Crippen molar-refractivity contribution in [2.75, 3.05) is 18.0 Å². The fraction of sp³-hybridized carbons (Fsp3) is 0.444. The first-order chi connectivity index (χ1) is 10.1. The molecule has 0 unspecified atom stereocenters. The van der Waals surface area contributed by atoms with Gasteiger partial charge in [-0.2, -0.15) is 0 Å². The number of rotatable bonds is 7. The number of nitrogens with zero attached hydrogens (tertiary/aromatic N) is 1. The maximum Gasteiger partial charge on any atom is 0.0366 e. The number of aryl methyl sites for hydroxylation is 2. The van der Waals surface area contributed by atoms with Crippen LogP contribution in [-0.2, 0) is 13.1 Å². The lowest BCUT2D eigenvalue weighted by molar-refractivity contribution is 0.700. The van der Waals surface area contributed by atoms with Crippen LogP contribution in [0.25, 0.3) is 0 Å². The summed E-state index contributed by atoms with van der Waals surface area (Å²) >= 11 is 1.89. The highest BCUT2D eigenvalue weighted by Gasteiger charge is 2.03. The average Bonchev–Trinajstić information content (AvgIpc) is 2.80. The number of hydrogen-bond acceptors (Lipinski definition) is 3. The van der Waals surface area contributed by atoms with Crippen LogP contribution in [0.15, 0.2) is 30.3 Å². The van der Waals surface area contributed by atoms with E-state index in [-0.39, 0.29) is 0 Å². The molecule has 0 saturated heterocycles. The van der Waals surface area contributed by atoms with Gasteiger partial charge in [-0.15, -0.1) is 11.3 Å². The molecule has 2 rings (SSSR count). The van der Waals surface area contributed by atoms with Crippen LogP contribution >= 0.6 is 11.3 Å². The van der Waals surface area contributed by atoms with E-state index in [4.69, 9.17) is 0 Å². The highest BCUT2D eigenvalue weighted by Crippen LogP contribution is 2.20. The zero-order valence-electron chi connectivity index (χ0n) is 13.6. The molecule has 114 valence electrons. The molecular weight excluding hydrogens is 276 g/mol. The lowest BCUT2D eigenvalue weighted by Crippen LogP contribution is -2.21. The van der Waals surface area contributed by atoms with Crippen molar-refractivity contribution < 1.29 is 0 Å². The fourth-order valence-corrected chi connectivity index (χ4v) is 3.50. The van der Waals surface area contributed by atoms with E-state index in [1.165, 1.54) is 26.6 Å². The molecule has 0 bridgehead atoms. The first-order valence-electron chi connectivity index (χ1n) is 7.74. The molecule has 1 aromatic carbocycles. The van der Waals surface area contributed by atoms with E-state index in [9.17, 15) is 0 Å². The molecule has 0 aliphatic rings. The minimum absolute atomic E-state index is 0.925. The molecule has 1 N–H and O–H groups in total. The summed E-state index contributed by atoms with van der Waals surface area (Å²) in [5.74, 6) is 0. The van der Waals surface area contributed by atoms with E-state index in [0.717, 1.165) is 26.2 Å². The Morgan fingerprint density at radius 3 is 2.19 bits per heavy atom. The minimum Gasteiger partial charge on any atom is -0.372 e. The molecule has 0 radical (unpaired) electrons. The molecule has 0 spiro atoms. The highest BCUT2D eigenvalue weighted by molar-refractivity contribution is 7.12. The highest BCUT2D eigenvalue weighted by atomic mass is 32.1. The molecule has 0 amide bonds. The molecule has 1 heterocycles. The molecule has 1 aromatic heterocycles. The van der Waals surface area contributed by atoms with Gasteiger partial charge in [0.2, 0.25) is 0 Å². The van der Waals surface area contributed by atoms with Crippen molar-refractivity contribution in [2.24, 2.45) is 0 Å². The fourth-order valence-electron chi connectivity index (χ4n) is 2.48. The number of thiophene rings is 1. The van der Waals surface area contributed by atoms with Crippen LogP contribution in [0.4, 0.5) is 5.69 Å². The van der Waals surface area contributed by atoms with Gasteiger partial charge in [0.15, 0.2) is 0 Å². The van der Waals surface area contributed by atoms with Gasteiger partial charge in [0.25, 0.3) is 0 Å². The van der Waals surface area contributed by atoms with Crippen LogP contribution in [0.5, 0.6) is 0 Å². The lowest BCUT2D eigenvalue weighted by Gasteiger charge is -2.21. The van der Waals surface area contributed by atoms with Gasteiger partial charge in [-0.05, 0) is 57.0 Å². The largest absolute Gasteiger partial charge is 0.372 e. The summed E-state index contributed by atoms with van der Waals surface area (Å²) in [4.78, 5) is 5.22. The van der Waals surface area contributed by atoms with Crippen molar-refractivity contribution in [3.05, 3.63) is 51.2 Å². The molecule has 0 atom stereocenters. The predicted molar refractivity (Wildman–Crippen MR) is 94.3 cm³/mol. The molecule has 3 heteroatoms. The predicted octanol–water partition coefficient (Wildman–Crippen LogP) is 4.50. The van der Waals surface area contributed by atoms with Crippen LogP contribution in [0.2, 0.25) is 0 Å². The third-order valence-corrected chi connectivity index (χ3v) is 5.06. The minimum atomic E-state index is 0.925. The Morgan fingerprint density at radius 1 is 1.00 bits per heavy atom. The standard InChI is InChI=1S/C18H26N2S/c1-5-20(6-2)17-9-7-16(8-10-17)12-19-13-18-11-14(3)15(4)21-18/h7-11,19H,5-6,12-13H2,1-4H3. The molecular formula is C18H26N2S. The van der Waals surface area contributed by atoms with Gasteiger partial charge in [-0.25, -0.2) is 0 Å². The Kier molecular flexibility index (Phi) is 5.83. The summed E-state index contributed by atoms with van der Waals surface area (Å²) < 4.78 is 0. The third-order valence-electron chi connectivity index (χ3n) is 3.91. The van der Waals surface area contributed by atoms with Gasteiger partial charge in [-0.3, -0.25) is 0 Å². The maximum absolute atomic E-state index is 3.53. The van der Waals surface area contributed by atoms with Crippen molar-refractivity contribution in [1.29, 1.82) is 0 Å². The lowest BCUT2D eigenvalue weighted by atomic mass is 10.2. The van der Waals surface area contributed by atoms with E-state index < -0.39 is 0 Å². The van der Waals surface area contributed by atoms with Gasteiger partial charge in [0.05, 0.1) is 0 Å². The van der Waals surface area contributed by atoms with E-state index in [0.29, 0.717) is 0 Å². The van der Waals surface area contributed by atoms with Crippen LogP contribution in [0.3, 0.4) is 0 Å². The Morgan fingerprint density at radius 2 is 1.67 bits per heavy atom. The molecule has 0 fully saturated rings. The first-order valence-corrected chi connectivity index (χ1v) is 8.56. The van der Waals surface area contributed by atoms with E-state index in [1.54, 1.807) is 0 Å². The summed E-state index contributed by atoms with van der Waals surface area (Å²) in [6, 6.07) is 11.2. The molecule has 0 aliphatic heterocycles. The van der Waals surface area contributed by atoms with Crippen LogP contribution in [0.1, 0.15) is 34.7 Å². The summed E-state index contributed by atoms with van der Waals surface area (Å²) in [6.07, 6.45) is 0. The Balaban J connectivity index is 1.86. The zero-order chi connectivity index (χ0) is 15.2. The van der Waals surface area contributed by atoms with E-state index in [1.807, 2.05) is 11.3 Å².